The van der Waals surface area contributed by atoms with E-state index in [-0.39, 0.29) is 17.2 Å². The average Bonchev–Trinajstić information content (AvgIpc) is 2.97. The second kappa shape index (κ2) is 7.47. The monoisotopic (exact) mass is 410 g/mol. The molecule has 0 saturated carbocycles. The van der Waals surface area contributed by atoms with Crippen LogP contribution in [-0.4, -0.2) is 47.2 Å². The first-order valence-electron chi connectivity index (χ1n) is 7.40. The van der Waals surface area contributed by atoms with Gasteiger partial charge in [-0.1, -0.05) is 0 Å². The zero-order valence-corrected chi connectivity index (χ0v) is 15.1. The van der Waals surface area contributed by atoms with E-state index in [1.165, 1.54) is 22.6 Å². The number of nitroso groups, excluding NO2 is 1. The molecule has 2 aromatic rings. The molecule has 9 heteroatoms. The second-order valence-corrected chi connectivity index (χ2v) is 7.36. The minimum absolute atomic E-state index is 0.108. The van der Waals surface area contributed by atoms with E-state index in [4.69, 9.17) is 0 Å². The van der Waals surface area contributed by atoms with Gasteiger partial charge in [0.15, 0.2) is 0 Å². The Morgan fingerprint density at radius 1 is 1.29 bits per heavy atom. The van der Waals surface area contributed by atoms with Crippen LogP contribution in [-0.2, 0) is 0 Å². The number of rotatable bonds is 4. The number of anilines is 1. The Morgan fingerprint density at radius 2 is 2.12 bits per heavy atom. The Kier molecular flexibility index (Phi) is 5.34. The van der Waals surface area contributed by atoms with E-state index in [9.17, 15) is 14.9 Å². The van der Waals surface area contributed by atoms with E-state index in [1.54, 1.807) is 12.1 Å². The van der Waals surface area contributed by atoms with Crippen molar-refractivity contribution in [1.82, 2.24) is 10.0 Å². The zero-order valence-electron chi connectivity index (χ0n) is 12.7. The van der Waals surface area contributed by atoms with Crippen LogP contribution < -0.4 is 4.90 Å². The number of hydrogen-bond acceptors (Lipinski definition) is 8. The molecule has 0 radical (unpaired) electrons. The van der Waals surface area contributed by atoms with Crippen molar-refractivity contribution in [3.63, 3.8) is 0 Å². The number of halogens is 1. The topological polar surface area (TPSA) is 86.1 Å². The summed E-state index contributed by atoms with van der Waals surface area (Å²) in [5.74, 6) is -0.378. The van der Waals surface area contributed by atoms with Gasteiger partial charge in [-0.15, -0.1) is 16.2 Å². The number of aromatic nitrogens is 1. The lowest BCUT2D eigenvalue weighted by Crippen LogP contribution is -2.28. The Bertz CT molecular complexity index is 767. The number of nitrogens with zero attached hydrogens (tertiary/aromatic N) is 4. The Hall–Kier alpha value is -1.68. The summed E-state index contributed by atoms with van der Waals surface area (Å²) >= 11 is 4.62. The van der Waals surface area contributed by atoms with Crippen LogP contribution in [0.25, 0.3) is 0 Å². The summed E-state index contributed by atoms with van der Waals surface area (Å²) in [5, 5.41) is 14.7. The van der Waals surface area contributed by atoms with Gasteiger partial charge in [0, 0.05) is 36.8 Å². The van der Waals surface area contributed by atoms with Gasteiger partial charge in [-0.2, -0.15) is 5.06 Å². The van der Waals surface area contributed by atoms with Crippen molar-refractivity contribution in [2.45, 2.75) is 6.42 Å². The number of pyridine rings is 1. The first-order chi connectivity index (χ1) is 11.6. The van der Waals surface area contributed by atoms with Gasteiger partial charge >= 0.3 is 0 Å². The van der Waals surface area contributed by atoms with Crippen molar-refractivity contribution in [2.75, 3.05) is 31.1 Å². The molecule has 24 heavy (non-hydrogen) atoms. The van der Waals surface area contributed by atoms with E-state index in [0.29, 0.717) is 29.0 Å². The SMILES string of the molecule is O=Nc1ncc(Br)cc1C(=O)c1ccc(N2CCCN(O)CC2)s1. The molecule has 1 fully saturated rings. The fourth-order valence-corrected chi connectivity index (χ4v) is 3.89. The molecule has 0 spiro atoms. The number of thiophene rings is 1. The van der Waals surface area contributed by atoms with Gasteiger partial charge in [0.1, 0.15) is 0 Å². The van der Waals surface area contributed by atoms with Gasteiger partial charge < -0.3 is 10.1 Å². The Balaban J connectivity index is 1.84. The maximum absolute atomic E-state index is 12.7. The molecule has 1 aliphatic heterocycles. The number of hydroxylamine groups is 2. The molecule has 7 nitrogen and oxygen atoms in total. The van der Waals surface area contributed by atoms with Crippen molar-refractivity contribution in [3.05, 3.63) is 44.2 Å². The Morgan fingerprint density at radius 3 is 2.92 bits per heavy atom. The van der Waals surface area contributed by atoms with Crippen molar-refractivity contribution in [3.8, 4) is 0 Å². The number of carbonyl (C=O) groups is 1. The summed E-state index contributed by atoms with van der Waals surface area (Å²) in [5.41, 5.74) is 0.185. The van der Waals surface area contributed by atoms with E-state index >= 15 is 0 Å². The van der Waals surface area contributed by atoms with E-state index in [1.807, 2.05) is 6.07 Å². The van der Waals surface area contributed by atoms with Crippen molar-refractivity contribution < 1.29 is 10.0 Å². The molecule has 126 valence electrons. The predicted octanol–water partition coefficient (Wildman–Crippen LogP) is 3.44. The predicted molar refractivity (Wildman–Crippen MR) is 95.3 cm³/mol. The molecule has 1 aliphatic rings. The standard InChI is InChI=1S/C15H15BrN4O3S/c16-10-8-11(15(18-22)17-9-10)14(21)12-2-3-13(24-12)19-4-1-5-20(23)7-6-19/h2-3,8-9,23H,1,4-7H2. The summed E-state index contributed by atoms with van der Waals surface area (Å²) in [6.45, 7) is 2.73. The first kappa shape index (κ1) is 17.2. The summed E-state index contributed by atoms with van der Waals surface area (Å²) in [6.07, 6.45) is 2.29. The van der Waals surface area contributed by atoms with Gasteiger partial charge in [-0.3, -0.25) is 4.79 Å². The molecule has 0 amide bonds. The minimum atomic E-state index is -0.270. The fraction of sp³-hybridized carbons (Fsp3) is 0.333. The van der Waals surface area contributed by atoms with E-state index < -0.39 is 0 Å². The maximum atomic E-state index is 12.7. The lowest BCUT2D eigenvalue weighted by Gasteiger charge is -2.20. The van der Waals surface area contributed by atoms with Crippen LogP contribution in [0.5, 0.6) is 0 Å². The largest absolute Gasteiger partial charge is 0.362 e. The summed E-state index contributed by atoms with van der Waals surface area (Å²) < 4.78 is 0.616. The van der Waals surface area contributed by atoms with Gasteiger partial charge in [0.25, 0.3) is 0 Å². The molecule has 3 rings (SSSR count). The number of hydrogen-bond donors (Lipinski definition) is 1. The summed E-state index contributed by atoms with van der Waals surface area (Å²) in [4.78, 5) is 30.1. The molecule has 0 aromatic carbocycles. The lowest BCUT2D eigenvalue weighted by molar-refractivity contribution is -0.0843. The molecule has 2 aromatic heterocycles. The molecule has 1 saturated heterocycles. The minimum Gasteiger partial charge on any atom is -0.362 e. The normalized spacial score (nSPS) is 16.0. The second-order valence-electron chi connectivity index (χ2n) is 5.38. The van der Waals surface area contributed by atoms with Crippen LogP contribution >= 0.6 is 27.3 Å². The number of carbonyl (C=O) groups excluding carboxylic acids is 1. The highest BCUT2D eigenvalue weighted by atomic mass is 79.9. The van der Waals surface area contributed by atoms with E-state index in [0.717, 1.165) is 18.0 Å². The molecular weight excluding hydrogens is 396 g/mol. The fourth-order valence-electron chi connectivity index (χ4n) is 2.55. The zero-order chi connectivity index (χ0) is 17.1. The van der Waals surface area contributed by atoms with Gasteiger partial charge in [-0.25, -0.2) is 4.98 Å². The van der Waals surface area contributed by atoms with Gasteiger partial charge in [-0.05, 0) is 45.7 Å². The third-order valence-corrected chi connectivity index (χ3v) is 5.34. The van der Waals surface area contributed by atoms with Crippen molar-refractivity contribution >= 4 is 43.9 Å². The highest BCUT2D eigenvalue weighted by Crippen LogP contribution is 2.31. The highest BCUT2D eigenvalue weighted by molar-refractivity contribution is 9.10. The van der Waals surface area contributed by atoms with Crippen LogP contribution in [0.2, 0.25) is 0 Å². The van der Waals surface area contributed by atoms with Crippen LogP contribution in [0.1, 0.15) is 21.7 Å². The molecular formula is C15H15BrN4O3S. The third kappa shape index (κ3) is 3.69. The smallest absolute Gasteiger partial charge is 0.207 e. The van der Waals surface area contributed by atoms with Gasteiger partial charge in [0.2, 0.25) is 11.6 Å². The van der Waals surface area contributed by atoms with Gasteiger partial charge in [0.05, 0.1) is 15.4 Å². The lowest BCUT2D eigenvalue weighted by atomic mass is 10.1. The Labute approximate surface area is 151 Å². The molecule has 0 atom stereocenters. The number of ketones is 1. The van der Waals surface area contributed by atoms with Crippen LogP contribution in [0, 0.1) is 4.91 Å². The summed E-state index contributed by atoms with van der Waals surface area (Å²) in [7, 11) is 0. The first-order valence-corrected chi connectivity index (χ1v) is 9.01. The molecule has 0 unspecified atom stereocenters. The quantitative estimate of drug-likeness (QED) is 0.613. The van der Waals surface area contributed by atoms with Crippen LogP contribution in [0.15, 0.2) is 34.0 Å². The van der Waals surface area contributed by atoms with Crippen LogP contribution in [0.3, 0.4) is 0 Å². The molecule has 0 aliphatic carbocycles. The molecule has 3 heterocycles. The van der Waals surface area contributed by atoms with Crippen molar-refractivity contribution in [1.29, 1.82) is 0 Å². The summed E-state index contributed by atoms with van der Waals surface area (Å²) in [6, 6.07) is 5.20. The van der Waals surface area contributed by atoms with E-state index in [2.05, 4.69) is 31.0 Å². The van der Waals surface area contributed by atoms with Crippen molar-refractivity contribution in [2.24, 2.45) is 5.18 Å². The van der Waals surface area contributed by atoms with Crippen LogP contribution in [0.4, 0.5) is 10.8 Å². The maximum Gasteiger partial charge on any atom is 0.207 e. The highest BCUT2D eigenvalue weighted by Gasteiger charge is 2.20. The average molecular weight is 411 g/mol. The third-order valence-electron chi connectivity index (χ3n) is 3.76. The molecule has 1 N–H and O–H groups in total. The molecule has 0 bridgehead atoms.